The third kappa shape index (κ3) is 4.22. The topological polar surface area (TPSA) is 32.7 Å². The molecule has 0 bridgehead atoms. The summed E-state index contributed by atoms with van der Waals surface area (Å²) in [4.78, 5) is 2.14. The molecule has 0 aromatic heterocycles. The zero-order valence-corrected chi connectivity index (χ0v) is 13.5. The molecule has 0 fully saturated rings. The highest BCUT2D eigenvalue weighted by Crippen LogP contribution is 2.36. The van der Waals surface area contributed by atoms with Crippen molar-refractivity contribution < 1.29 is 9.84 Å². The Kier molecular flexibility index (Phi) is 6.50. The first-order valence-electron chi connectivity index (χ1n) is 7.47. The second kappa shape index (κ2) is 7.65. The van der Waals surface area contributed by atoms with Crippen molar-refractivity contribution in [1.29, 1.82) is 0 Å². The molecule has 0 radical (unpaired) electrons. The molecular formula is C17H29NO2. The molecule has 0 saturated heterocycles. The van der Waals surface area contributed by atoms with Gasteiger partial charge < -0.3 is 14.7 Å². The van der Waals surface area contributed by atoms with Crippen LogP contribution < -0.4 is 4.74 Å². The first-order valence-corrected chi connectivity index (χ1v) is 7.47. The molecular weight excluding hydrogens is 250 g/mol. The summed E-state index contributed by atoms with van der Waals surface area (Å²) in [7, 11) is 5.78. The van der Waals surface area contributed by atoms with Gasteiger partial charge in [0.05, 0.1) is 12.7 Å². The van der Waals surface area contributed by atoms with Crippen LogP contribution in [0.15, 0.2) is 24.3 Å². The van der Waals surface area contributed by atoms with Gasteiger partial charge in [0.25, 0.3) is 0 Å². The largest absolute Gasteiger partial charge is 0.497 e. The first-order chi connectivity index (χ1) is 9.46. The lowest BCUT2D eigenvalue weighted by Crippen LogP contribution is -2.40. The van der Waals surface area contributed by atoms with Gasteiger partial charge in [0.1, 0.15) is 5.75 Å². The Morgan fingerprint density at radius 2 is 1.80 bits per heavy atom. The average Bonchev–Trinajstić information content (AvgIpc) is 2.45. The monoisotopic (exact) mass is 279 g/mol. The van der Waals surface area contributed by atoms with Crippen molar-refractivity contribution in [3.05, 3.63) is 29.8 Å². The van der Waals surface area contributed by atoms with Gasteiger partial charge in [-0.15, -0.1) is 0 Å². The number of benzene rings is 1. The van der Waals surface area contributed by atoms with Crippen LogP contribution in [-0.2, 0) is 0 Å². The Morgan fingerprint density at radius 1 is 1.20 bits per heavy atom. The van der Waals surface area contributed by atoms with E-state index < -0.39 is 5.60 Å². The highest BCUT2D eigenvalue weighted by molar-refractivity contribution is 5.31. The van der Waals surface area contributed by atoms with Crippen molar-refractivity contribution >= 4 is 0 Å². The van der Waals surface area contributed by atoms with Gasteiger partial charge >= 0.3 is 0 Å². The fourth-order valence-electron chi connectivity index (χ4n) is 2.82. The lowest BCUT2D eigenvalue weighted by molar-refractivity contribution is -0.00810. The molecule has 114 valence electrons. The molecule has 0 amide bonds. The number of methoxy groups -OCH3 is 1. The molecule has 2 atom stereocenters. The Balaban J connectivity index is 3.09. The molecule has 1 aromatic rings. The van der Waals surface area contributed by atoms with Gasteiger partial charge in [-0.05, 0) is 44.6 Å². The van der Waals surface area contributed by atoms with E-state index in [1.165, 1.54) is 5.56 Å². The smallest absolute Gasteiger partial charge is 0.118 e. The van der Waals surface area contributed by atoms with E-state index in [0.29, 0.717) is 0 Å². The minimum atomic E-state index is -0.645. The molecule has 0 aliphatic heterocycles. The number of rotatable bonds is 8. The molecule has 0 spiro atoms. The average molecular weight is 279 g/mol. The lowest BCUT2D eigenvalue weighted by Gasteiger charge is -2.37. The lowest BCUT2D eigenvalue weighted by atomic mass is 9.77. The summed E-state index contributed by atoms with van der Waals surface area (Å²) in [6, 6.07) is 8.09. The number of likely N-dealkylation sites (N-methyl/N-ethyl adjacent to an activating group) is 1. The van der Waals surface area contributed by atoms with Crippen molar-refractivity contribution in [2.24, 2.45) is 0 Å². The minimum absolute atomic E-state index is 0.119. The number of ether oxygens (including phenoxy) is 1. The van der Waals surface area contributed by atoms with E-state index in [0.717, 1.165) is 31.6 Å². The van der Waals surface area contributed by atoms with E-state index in [4.69, 9.17) is 4.74 Å². The summed E-state index contributed by atoms with van der Waals surface area (Å²) in [6.45, 7) is 5.04. The zero-order chi connectivity index (χ0) is 15.2. The van der Waals surface area contributed by atoms with Crippen LogP contribution in [0, 0.1) is 0 Å². The van der Waals surface area contributed by atoms with Crippen LogP contribution in [0.25, 0.3) is 0 Å². The van der Waals surface area contributed by atoms with Crippen LogP contribution in [0.2, 0.25) is 0 Å². The normalized spacial score (nSPS) is 15.9. The highest BCUT2D eigenvalue weighted by Gasteiger charge is 2.35. The van der Waals surface area contributed by atoms with Crippen molar-refractivity contribution in [3.63, 3.8) is 0 Å². The van der Waals surface area contributed by atoms with Crippen LogP contribution >= 0.6 is 0 Å². The molecule has 1 rings (SSSR count). The van der Waals surface area contributed by atoms with E-state index >= 15 is 0 Å². The summed E-state index contributed by atoms with van der Waals surface area (Å²) in [5, 5.41) is 11.1. The van der Waals surface area contributed by atoms with Crippen molar-refractivity contribution in [1.82, 2.24) is 4.90 Å². The van der Waals surface area contributed by atoms with Crippen LogP contribution in [0.5, 0.6) is 5.75 Å². The molecule has 0 saturated carbocycles. The quantitative estimate of drug-likeness (QED) is 0.792. The molecule has 2 unspecified atom stereocenters. The van der Waals surface area contributed by atoms with Crippen molar-refractivity contribution in [3.8, 4) is 5.75 Å². The van der Waals surface area contributed by atoms with Crippen LogP contribution in [0.1, 0.15) is 44.6 Å². The van der Waals surface area contributed by atoms with E-state index in [1.807, 2.05) is 12.1 Å². The van der Waals surface area contributed by atoms with E-state index in [1.54, 1.807) is 7.11 Å². The predicted octanol–water partition coefficient (Wildman–Crippen LogP) is 3.28. The Hall–Kier alpha value is -1.06. The maximum atomic E-state index is 11.1. The fraction of sp³-hybridized carbons (Fsp3) is 0.647. The summed E-state index contributed by atoms with van der Waals surface area (Å²) >= 11 is 0. The Labute approximate surface area is 123 Å². The molecule has 1 aromatic carbocycles. The van der Waals surface area contributed by atoms with Gasteiger partial charge in [0.15, 0.2) is 0 Å². The van der Waals surface area contributed by atoms with Gasteiger partial charge in [-0.2, -0.15) is 0 Å². The van der Waals surface area contributed by atoms with E-state index in [-0.39, 0.29) is 5.92 Å². The van der Waals surface area contributed by atoms with Gasteiger partial charge in [-0.3, -0.25) is 0 Å². The second-order valence-corrected chi connectivity index (χ2v) is 5.80. The summed E-state index contributed by atoms with van der Waals surface area (Å²) in [6.07, 6.45) is 2.59. The van der Waals surface area contributed by atoms with Gasteiger partial charge in [-0.1, -0.05) is 32.4 Å². The van der Waals surface area contributed by atoms with Gasteiger partial charge in [-0.25, -0.2) is 0 Å². The molecule has 1 N–H and O–H groups in total. The Bertz CT molecular complexity index is 388. The number of hydrogen-bond acceptors (Lipinski definition) is 3. The van der Waals surface area contributed by atoms with Crippen LogP contribution in [0.4, 0.5) is 0 Å². The highest BCUT2D eigenvalue weighted by atomic mass is 16.5. The third-order valence-electron chi connectivity index (χ3n) is 4.01. The molecule has 0 heterocycles. The maximum Gasteiger partial charge on any atom is 0.118 e. The Morgan fingerprint density at radius 3 is 2.20 bits per heavy atom. The SMILES string of the molecule is CCCC(O)(CC)C(CN(C)C)c1ccc(OC)cc1. The predicted molar refractivity (Wildman–Crippen MR) is 84.4 cm³/mol. The number of hydrogen-bond donors (Lipinski definition) is 1. The number of aliphatic hydroxyl groups is 1. The standard InChI is InChI=1S/C17H29NO2/c1-6-12-17(19,7-2)16(13-18(3)4)14-8-10-15(20-5)11-9-14/h8-11,16,19H,6-7,12-13H2,1-5H3. The number of nitrogens with zero attached hydrogens (tertiary/aromatic N) is 1. The fourth-order valence-corrected chi connectivity index (χ4v) is 2.82. The summed E-state index contributed by atoms with van der Waals surface area (Å²) in [5.74, 6) is 0.973. The molecule has 3 heteroatoms. The molecule has 3 nitrogen and oxygen atoms in total. The molecule has 20 heavy (non-hydrogen) atoms. The van der Waals surface area contributed by atoms with Crippen molar-refractivity contribution in [2.75, 3.05) is 27.7 Å². The second-order valence-electron chi connectivity index (χ2n) is 5.80. The van der Waals surface area contributed by atoms with E-state index in [9.17, 15) is 5.11 Å². The van der Waals surface area contributed by atoms with Crippen LogP contribution in [0.3, 0.4) is 0 Å². The first kappa shape index (κ1) is 17.0. The summed E-state index contributed by atoms with van der Waals surface area (Å²) < 4.78 is 5.22. The van der Waals surface area contributed by atoms with Gasteiger partial charge in [0.2, 0.25) is 0 Å². The van der Waals surface area contributed by atoms with E-state index in [2.05, 4.69) is 45.0 Å². The van der Waals surface area contributed by atoms with Crippen molar-refractivity contribution in [2.45, 2.75) is 44.6 Å². The minimum Gasteiger partial charge on any atom is -0.497 e. The third-order valence-corrected chi connectivity index (χ3v) is 4.01. The zero-order valence-electron chi connectivity index (χ0n) is 13.5. The maximum absolute atomic E-state index is 11.1. The molecule has 0 aliphatic carbocycles. The van der Waals surface area contributed by atoms with Gasteiger partial charge in [0, 0.05) is 12.5 Å². The summed E-state index contributed by atoms with van der Waals surface area (Å²) in [5.41, 5.74) is 0.533. The van der Waals surface area contributed by atoms with Crippen LogP contribution in [-0.4, -0.2) is 43.4 Å². The molecule has 0 aliphatic rings.